The number of aliphatic hydroxyl groups is 1. The second-order valence-electron chi connectivity index (χ2n) is 8.36. The summed E-state index contributed by atoms with van der Waals surface area (Å²) < 4.78 is 29.4. The Balaban J connectivity index is 1.86. The molecule has 5 rings (SSSR count). The van der Waals surface area contributed by atoms with Crippen molar-refractivity contribution >= 4 is 20.9 Å². The summed E-state index contributed by atoms with van der Waals surface area (Å²) in [5, 5.41) is 21.4. The summed E-state index contributed by atoms with van der Waals surface area (Å²) in [7, 11) is -4.00. The molecule has 172 valence electrons. The Labute approximate surface area is 204 Å². The molecule has 0 aliphatic rings. The summed E-state index contributed by atoms with van der Waals surface area (Å²) in [5.74, 6) is 0. The maximum atomic E-state index is 14.1. The lowest BCUT2D eigenvalue weighted by atomic mass is 9.95. The normalized spacial score (nSPS) is 12.4. The molecule has 5 nitrogen and oxygen atoms in total. The van der Waals surface area contributed by atoms with Gasteiger partial charge in [0, 0.05) is 10.9 Å². The molecular formula is C29H22N2O3S. The van der Waals surface area contributed by atoms with Gasteiger partial charge in [-0.15, -0.1) is 0 Å². The zero-order chi connectivity index (χ0) is 24.6. The van der Waals surface area contributed by atoms with Gasteiger partial charge < -0.3 is 5.11 Å². The number of nitrogens with zero attached hydrogens (tertiary/aromatic N) is 2. The highest BCUT2D eigenvalue weighted by Gasteiger charge is 2.31. The predicted octanol–water partition coefficient (Wildman–Crippen LogP) is 5.81. The van der Waals surface area contributed by atoms with Crippen molar-refractivity contribution in [3.63, 3.8) is 0 Å². The van der Waals surface area contributed by atoms with Crippen molar-refractivity contribution in [2.24, 2.45) is 0 Å². The van der Waals surface area contributed by atoms with Crippen LogP contribution >= 0.6 is 0 Å². The van der Waals surface area contributed by atoms with E-state index in [-0.39, 0.29) is 4.90 Å². The van der Waals surface area contributed by atoms with E-state index in [0.717, 1.165) is 5.56 Å². The minimum atomic E-state index is -4.00. The Morgan fingerprint density at radius 2 is 1.46 bits per heavy atom. The molecule has 1 unspecified atom stereocenters. The third-order valence-electron chi connectivity index (χ3n) is 6.11. The van der Waals surface area contributed by atoms with Gasteiger partial charge in [0.2, 0.25) is 0 Å². The molecule has 5 aromatic rings. The van der Waals surface area contributed by atoms with Crippen LogP contribution in [0, 0.1) is 18.3 Å². The summed E-state index contributed by atoms with van der Waals surface area (Å²) >= 11 is 0. The van der Waals surface area contributed by atoms with Gasteiger partial charge in [-0.3, -0.25) is 0 Å². The minimum absolute atomic E-state index is 0.167. The van der Waals surface area contributed by atoms with Crippen LogP contribution in [-0.2, 0) is 10.0 Å². The maximum Gasteiger partial charge on any atom is 0.268 e. The standard InChI is InChI=1S/C29H22N2O3S/c1-20-11-17-24(18-12-20)35(33,34)31-26-10-6-5-9-25(26)27(28(31)22-7-3-2-4-8-22)29(32)23-15-13-21(19-30)14-16-23/h2-18,29,32H,1H3. The van der Waals surface area contributed by atoms with E-state index in [0.29, 0.717) is 38.9 Å². The number of aryl methyl sites for hydroxylation is 1. The van der Waals surface area contributed by atoms with E-state index in [4.69, 9.17) is 5.26 Å². The monoisotopic (exact) mass is 478 g/mol. The number of aliphatic hydroxyl groups excluding tert-OH is 1. The highest BCUT2D eigenvalue weighted by molar-refractivity contribution is 7.90. The number of para-hydroxylation sites is 1. The Hall–Kier alpha value is -4.18. The molecule has 0 bridgehead atoms. The third-order valence-corrected chi connectivity index (χ3v) is 7.83. The largest absolute Gasteiger partial charge is 0.384 e. The van der Waals surface area contributed by atoms with E-state index in [9.17, 15) is 13.5 Å². The first-order valence-corrected chi connectivity index (χ1v) is 12.5. The van der Waals surface area contributed by atoms with Gasteiger partial charge >= 0.3 is 0 Å². The minimum Gasteiger partial charge on any atom is -0.384 e. The molecule has 0 aliphatic carbocycles. The van der Waals surface area contributed by atoms with Crippen LogP contribution in [0.2, 0.25) is 0 Å². The van der Waals surface area contributed by atoms with Gasteiger partial charge in [-0.25, -0.2) is 12.4 Å². The molecule has 0 saturated heterocycles. The average Bonchev–Trinajstić information content (AvgIpc) is 3.25. The van der Waals surface area contributed by atoms with Crippen LogP contribution in [0.5, 0.6) is 0 Å². The van der Waals surface area contributed by atoms with E-state index < -0.39 is 16.1 Å². The first kappa shape index (κ1) is 22.6. The van der Waals surface area contributed by atoms with Crippen molar-refractivity contribution in [2.75, 3.05) is 0 Å². The maximum absolute atomic E-state index is 14.1. The highest BCUT2D eigenvalue weighted by atomic mass is 32.2. The molecule has 4 aromatic carbocycles. The quantitative estimate of drug-likeness (QED) is 0.346. The second kappa shape index (κ2) is 8.88. The zero-order valence-electron chi connectivity index (χ0n) is 19.0. The van der Waals surface area contributed by atoms with Gasteiger partial charge in [0.1, 0.15) is 6.10 Å². The van der Waals surface area contributed by atoms with E-state index in [1.54, 1.807) is 60.7 Å². The lowest BCUT2D eigenvalue weighted by Gasteiger charge is -2.17. The van der Waals surface area contributed by atoms with Crippen molar-refractivity contribution in [2.45, 2.75) is 17.9 Å². The number of hydrogen-bond donors (Lipinski definition) is 1. The molecule has 1 aromatic heterocycles. The Kier molecular flexibility index (Phi) is 5.73. The lowest BCUT2D eigenvalue weighted by molar-refractivity contribution is 0.222. The third kappa shape index (κ3) is 3.91. The van der Waals surface area contributed by atoms with Gasteiger partial charge in [-0.05, 0) is 48.4 Å². The molecule has 0 radical (unpaired) electrons. The summed E-state index contributed by atoms with van der Waals surface area (Å²) in [6, 6.07) is 31.9. The summed E-state index contributed by atoms with van der Waals surface area (Å²) in [6.45, 7) is 1.91. The van der Waals surface area contributed by atoms with Crippen LogP contribution in [-0.4, -0.2) is 17.5 Å². The Morgan fingerprint density at radius 3 is 2.11 bits per heavy atom. The van der Waals surface area contributed by atoms with E-state index in [2.05, 4.69) is 6.07 Å². The van der Waals surface area contributed by atoms with Crippen LogP contribution in [0.1, 0.15) is 28.4 Å². The van der Waals surface area contributed by atoms with E-state index >= 15 is 0 Å². The lowest BCUT2D eigenvalue weighted by Crippen LogP contribution is -2.15. The highest BCUT2D eigenvalue weighted by Crippen LogP contribution is 2.42. The van der Waals surface area contributed by atoms with Gasteiger partial charge in [0.15, 0.2) is 0 Å². The molecule has 1 heterocycles. The molecule has 35 heavy (non-hydrogen) atoms. The van der Waals surface area contributed by atoms with Crippen LogP contribution < -0.4 is 0 Å². The topological polar surface area (TPSA) is 83.1 Å². The average molecular weight is 479 g/mol. The summed E-state index contributed by atoms with van der Waals surface area (Å²) in [5.41, 5.74) is 4.06. The number of benzene rings is 4. The van der Waals surface area contributed by atoms with E-state index in [1.165, 1.54) is 3.97 Å². The molecule has 0 spiro atoms. The molecule has 0 aliphatic heterocycles. The van der Waals surface area contributed by atoms with Crippen LogP contribution in [0.15, 0.2) is 108 Å². The first-order chi connectivity index (χ1) is 16.9. The fourth-order valence-electron chi connectivity index (χ4n) is 4.35. The fourth-order valence-corrected chi connectivity index (χ4v) is 5.91. The van der Waals surface area contributed by atoms with Crippen molar-refractivity contribution in [3.8, 4) is 17.3 Å². The molecule has 1 N–H and O–H groups in total. The SMILES string of the molecule is Cc1ccc(S(=O)(=O)n2c(-c3ccccc3)c(C(O)c3ccc(C#N)cc3)c3ccccc32)cc1. The number of fused-ring (bicyclic) bond motifs is 1. The predicted molar refractivity (Wildman–Crippen MR) is 136 cm³/mol. The first-order valence-electron chi connectivity index (χ1n) is 11.1. The smallest absolute Gasteiger partial charge is 0.268 e. The molecule has 1 atom stereocenters. The number of hydrogen-bond acceptors (Lipinski definition) is 4. The van der Waals surface area contributed by atoms with Crippen molar-refractivity contribution in [1.82, 2.24) is 3.97 Å². The van der Waals surface area contributed by atoms with Gasteiger partial charge in [-0.1, -0.05) is 78.4 Å². The van der Waals surface area contributed by atoms with Crippen LogP contribution in [0.4, 0.5) is 0 Å². The number of aromatic nitrogens is 1. The van der Waals surface area contributed by atoms with Crippen LogP contribution in [0.3, 0.4) is 0 Å². The number of nitriles is 1. The zero-order valence-corrected chi connectivity index (χ0v) is 19.8. The van der Waals surface area contributed by atoms with Gasteiger partial charge in [0.25, 0.3) is 10.0 Å². The molecule has 6 heteroatoms. The molecular weight excluding hydrogens is 456 g/mol. The second-order valence-corrected chi connectivity index (χ2v) is 10.2. The van der Waals surface area contributed by atoms with Gasteiger partial charge in [0.05, 0.1) is 27.7 Å². The van der Waals surface area contributed by atoms with E-state index in [1.807, 2.05) is 49.4 Å². The van der Waals surface area contributed by atoms with Crippen molar-refractivity contribution in [1.29, 1.82) is 5.26 Å². The Morgan fingerprint density at radius 1 is 0.829 bits per heavy atom. The summed E-state index contributed by atoms with van der Waals surface area (Å²) in [6.07, 6.45) is -1.11. The summed E-state index contributed by atoms with van der Waals surface area (Å²) in [4.78, 5) is 0.167. The fraction of sp³-hybridized carbons (Fsp3) is 0.0690. The Bertz CT molecular complexity index is 1660. The molecule has 0 saturated carbocycles. The number of rotatable bonds is 5. The van der Waals surface area contributed by atoms with Crippen molar-refractivity contribution in [3.05, 3.63) is 125 Å². The molecule has 0 amide bonds. The molecule has 0 fully saturated rings. The van der Waals surface area contributed by atoms with Gasteiger partial charge in [-0.2, -0.15) is 5.26 Å². The van der Waals surface area contributed by atoms with Crippen molar-refractivity contribution < 1.29 is 13.5 Å². The van der Waals surface area contributed by atoms with Crippen LogP contribution in [0.25, 0.3) is 22.2 Å².